The van der Waals surface area contributed by atoms with Gasteiger partial charge in [0.05, 0.1) is 4.91 Å². The summed E-state index contributed by atoms with van der Waals surface area (Å²) in [6.07, 6.45) is 1.49. The fourth-order valence-corrected chi connectivity index (χ4v) is 4.77. The van der Waals surface area contributed by atoms with Gasteiger partial charge in [-0.25, -0.2) is 0 Å². The second kappa shape index (κ2) is 10.1. The molecule has 0 atom stereocenters. The summed E-state index contributed by atoms with van der Waals surface area (Å²) in [6, 6.07) is 15.9. The molecule has 3 aromatic rings. The van der Waals surface area contributed by atoms with Crippen LogP contribution in [0.1, 0.15) is 11.3 Å². The van der Waals surface area contributed by atoms with Crippen LogP contribution in [0.4, 0.5) is 10.5 Å². The summed E-state index contributed by atoms with van der Waals surface area (Å²) in [5.41, 5.74) is 1.36. The van der Waals surface area contributed by atoms with E-state index in [-0.39, 0.29) is 4.91 Å². The molecule has 10 heteroatoms. The molecule has 2 aromatic carbocycles. The highest BCUT2D eigenvalue weighted by molar-refractivity contribution is 8.18. The summed E-state index contributed by atoms with van der Waals surface area (Å²) in [7, 11) is 0. The fraction of sp³-hybridized carbons (Fsp3) is 0.0870. The number of halogens is 2. The molecule has 0 unspecified atom stereocenters. The number of anilines is 1. The van der Waals surface area contributed by atoms with E-state index in [1.807, 2.05) is 19.1 Å². The van der Waals surface area contributed by atoms with Crippen molar-refractivity contribution in [3.63, 3.8) is 0 Å². The lowest BCUT2D eigenvalue weighted by Gasteiger charge is -2.12. The van der Waals surface area contributed by atoms with Gasteiger partial charge in [-0.15, -0.1) is 0 Å². The zero-order valence-electron chi connectivity index (χ0n) is 17.1. The maximum Gasteiger partial charge on any atom is 0.294 e. The van der Waals surface area contributed by atoms with Crippen molar-refractivity contribution in [3.8, 4) is 0 Å². The molecule has 0 radical (unpaired) electrons. The van der Waals surface area contributed by atoms with E-state index in [4.69, 9.17) is 27.6 Å². The summed E-state index contributed by atoms with van der Waals surface area (Å²) in [5.74, 6) is -0.626. The van der Waals surface area contributed by atoms with Gasteiger partial charge < -0.3 is 9.73 Å². The number of nitrogens with zero attached hydrogens (tertiary/aromatic N) is 1. The Hall–Kier alpha value is -2.65. The molecule has 6 nitrogen and oxygen atoms in total. The normalized spacial score (nSPS) is 14.9. The fourth-order valence-electron chi connectivity index (χ4n) is 2.87. The first-order valence-corrected chi connectivity index (χ1v) is 12.0. The smallest absolute Gasteiger partial charge is 0.294 e. The van der Waals surface area contributed by atoms with Gasteiger partial charge in [0.1, 0.15) is 12.3 Å². The minimum absolute atomic E-state index is 0.184. The maximum absolute atomic E-state index is 12.7. The molecule has 1 aliphatic heterocycles. The molecular formula is C23H16Cl2N2O4S2. The largest absolute Gasteiger partial charge is 0.450 e. The van der Waals surface area contributed by atoms with Crippen LogP contribution in [0.15, 0.2) is 73.9 Å². The summed E-state index contributed by atoms with van der Waals surface area (Å²) in [4.78, 5) is 39.4. The molecule has 1 aromatic heterocycles. The lowest BCUT2D eigenvalue weighted by atomic mass is 10.2. The molecule has 4 rings (SSSR count). The van der Waals surface area contributed by atoms with Crippen molar-refractivity contribution in [1.82, 2.24) is 4.90 Å². The van der Waals surface area contributed by atoms with Crippen LogP contribution in [0.5, 0.6) is 0 Å². The number of imide groups is 1. The predicted molar refractivity (Wildman–Crippen MR) is 132 cm³/mol. The van der Waals surface area contributed by atoms with E-state index in [0.29, 0.717) is 26.6 Å². The third kappa shape index (κ3) is 5.83. The minimum Gasteiger partial charge on any atom is -0.450 e. The van der Waals surface area contributed by atoms with Crippen LogP contribution in [0.3, 0.4) is 0 Å². The maximum atomic E-state index is 12.7. The number of hydrogen-bond donors (Lipinski definition) is 1. The average molecular weight is 519 g/mol. The van der Waals surface area contributed by atoms with Crippen LogP contribution in [0.25, 0.3) is 6.08 Å². The summed E-state index contributed by atoms with van der Waals surface area (Å²) < 4.78 is 5.75. The SMILES string of the molecule is Cc1ccc(NC(=O)CN2C(=O)S/C(=C\c3ccc(Sc4ccc(Cl)cc4)o3)C2=O)cc1Cl. The molecule has 0 spiro atoms. The standard InChI is InChI=1S/C23H16Cl2N2O4S2/c1-13-2-5-15(10-18(13)25)26-20(28)12-27-22(29)19(33-23(27)30)11-16-6-9-21(31-16)32-17-7-3-14(24)4-8-17/h2-11H,12H2,1H3,(H,26,28)/b19-11-. The van der Waals surface area contributed by atoms with Crippen molar-refractivity contribution >= 4 is 75.5 Å². The van der Waals surface area contributed by atoms with Crippen LogP contribution in [-0.4, -0.2) is 28.5 Å². The first-order chi connectivity index (χ1) is 15.8. The predicted octanol–water partition coefficient (Wildman–Crippen LogP) is 6.72. The zero-order chi connectivity index (χ0) is 23.5. The Morgan fingerprint density at radius 2 is 1.88 bits per heavy atom. The summed E-state index contributed by atoms with van der Waals surface area (Å²) in [5, 5.41) is 3.90. The average Bonchev–Trinajstić information content (AvgIpc) is 3.32. The number of thioether (sulfide) groups is 1. The van der Waals surface area contributed by atoms with Crippen molar-refractivity contribution in [2.75, 3.05) is 11.9 Å². The third-order valence-electron chi connectivity index (χ3n) is 4.54. The van der Waals surface area contributed by atoms with Crippen LogP contribution >= 0.6 is 46.7 Å². The molecule has 1 saturated heterocycles. The molecule has 2 heterocycles. The number of nitrogens with one attached hydrogen (secondary N) is 1. The molecule has 33 heavy (non-hydrogen) atoms. The van der Waals surface area contributed by atoms with Crippen molar-refractivity contribution in [2.45, 2.75) is 16.9 Å². The van der Waals surface area contributed by atoms with Gasteiger partial charge >= 0.3 is 0 Å². The Balaban J connectivity index is 1.40. The number of amides is 3. The van der Waals surface area contributed by atoms with Gasteiger partial charge in [-0.2, -0.15) is 0 Å². The molecule has 0 bridgehead atoms. The molecule has 0 aliphatic carbocycles. The third-order valence-corrected chi connectivity index (χ3v) is 7.03. The monoisotopic (exact) mass is 518 g/mol. The molecular weight excluding hydrogens is 503 g/mol. The highest BCUT2D eigenvalue weighted by atomic mass is 35.5. The highest BCUT2D eigenvalue weighted by Crippen LogP contribution is 2.34. The molecule has 1 aliphatic rings. The van der Waals surface area contributed by atoms with E-state index in [1.165, 1.54) is 17.8 Å². The Bertz CT molecular complexity index is 1270. The second-order valence-corrected chi connectivity index (χ2v) is 9.91. The van der Waals surface area contributed by atoms with Crippen molar-refractivity contribution in [2.24, 2.45) is 0 Å². The minimum atomic E-state index is -0.551. The van der Waals surface area contributed by atoms with Crippen molar-refractivity contribution < 1.29 is 18.8 Å². The molecule has 3 amide bonds. The number of benzene rings is 2. The van der Waals surface area contributed by atoms with Gasteiger partial charge in [-0.1, -0.05) is 41.0 Å². The molecule has 1 fully saturated rings. The Morgan fingerprint density at radius 1 is 1.12 bits per heavy atom. The van der Waals surface area contributed by atoms with Gasteiger partial charge in [0.25, 0.3) is 11.1 Å². The molecule has 0 saturated carbocycles. The van der Waals surface area contributed by atoms with E-state index >= 15 is 0 Å². The van der Waals surface area contributed by atoms with Gasteiger partial charge in [0, 0.05) is 26.7 Å². The Labute approximate surface area is 208 Å². The van der Waals surface area contributed by atoms with E-state index in [9.17, 15) is 14.4 Å². The second-order valence-electron chi connectivity index (χ2n) is 6.99. The summed E-state index contributed by atoms with van der Waals surface area (Å²) in [6.45, 7) is 1.45. The lowest BCUT2D eigenvalue weighted by Crippen LogP contribution is -2.36. The number of hydrogen-bond acceptors (Lipinski definition) is 6. The topological polar surface area (TPSA) is 79.6 Å². The Kier molecular flexibility index (Phi) is 7.19. The van der Waals surface area contributed by atoms with E-state index in [1.54, 1.807) is 42.5 Å². The first kappa shape index (κ1) is 23.5. The number of carbonyl (C=O) groups is 3. The van der Waals surface area contributed by atoms with Crippen LogP contribution in [0, 0.1) is 6.92 Å². The highest BCUT2D eigenvalue weighted by Gasteiger charge is 2.36. The van der Waals surface area contributed by atoms with Gasteiger partial charge in [0.15, 0.2) is 5.09 Å². The van der Waals surface area contributed by atoms with Crippen molar-refractivity contribution in [1.29, 1.82) is 0 Å². The lowest BCUT2D eigenvalue weighted by molar-refractivity contribution is -0.127. The first-order valence-electron chi connectivity index (χ1n) is 9.63. The Morgan fingerprint density at radius 3 is 2.61 bits per heavy atom. The van der Waals surface area contributed by atoms with E-state index < -0.39 is 23.6 Å². The van der Waals surface area contributed by atoms with Crippen LogP contribution in [0.2, 0.25) is 10.0 Å². The summed E-state index contributed by atoms with van der Waals surface area (Å²) >= 11 is 14.1. The number of rotatable bonds is 6. The van der Waals surface area contributed by atoms with Gasteiger partial charge in [-0.3, -0.25) is 19.3 Å². The van der Waals surface area contributed by atoms with Gasteiger partial charge in [0.2, 0.25) is 5.91 Å². The quantitative estimate of drug-likeness (QED) is 0.364. The molecule has 168 valence electrons. The number of aryl methyl sites for hydroxylation is 1. The van der Waals surface area contributed by atoms with E-state index in [2.05, 4.69) is 5.32 Å². The van der Waals surface area contributed by atoms with Gasteiger partial charge in [-0.05, 0) is 72.8 Å². The van der Waals surface area contributed by atoms with Crippen molar-refractivity contribution in [3.05, 3.63) is 80.9 Å². The van der Waals surface area contributed by atoms with Crippen LogP contribution < -0.4 is 5.32 Å². The number of furan rings is 1. The molecule has 1 N–H and O–H groups in total. The van der Waals surface area contributed by atoms with Crippen LogP contribution in [-0.2, 0) is 9.59 Å². The zero-order valence-corrected chi connectivity index (χ0v) is 20.3. The number of carbonyl (C=O) groups excluding carboxylic acids is 3. The van der Waals surface area contributed by atoms with E-state index in [0.717, 1.165) is 27.1 Å².